The second kappa shape index (κ2) is 6.85. The fraction of sp³-hybridized carbons (Fsp3) is 0.250. The van der Waals surface area contributed by atoms with Crippen molar-refractivity contribution in [2.45, 2.75) is 26.7 Å². The minimum Gasteiger partial charge on any atom is -0.321 e. The number of aromatic nitrogens is 1. The smallest absolute Gasteiger partial charge is 0.167 e. The summed E-state index contributed by atoms with van der Waals surface area (Å²) in [6.45, 7) is 4.19. The van der Waals surface area contributed by atoms with Crippen LogP contribution in [-0.4, -0.2) is 10.8 Å². The molecule has 1 aromatic rings. The fourth-order valence-corrected chi connectivity index (χ4v) is 2.18. The lowest BCUT2D eigenvalue weighted by Gasteiger charge is -2.13. The minimum atomic E-state index is 0.438. The zero-order valence-electron chi connectivity index (χ0n) is 12.4. The molecule has 1 aromatic heterocycles. The molecule has 2 rings (SSSR count). The summed E-state index contributed by atoms with van der Waals surface area (Å²) in [5.74, 6) is 11.4. The molecule has 0 aliphatic heterocycles. The molecule has 0 aromatic carbocycles. The van der Waals surface area contributed by atoms with E-state index >= 15 is 0 Å². The summed E-state index contributed by atoms with van der Waals surface area (Å²) in [6.07, 6.45) is 9.86. The van der Waals surface area contributed by atoms with Gasteiger partial charge in [0, 0.05) is 17.3 Å². The third kappa shape index (κ3) is 3.38. The van der Waals surface area contributed by atoms with Crippen LogP contribution in [0.25, 0.3) is 5.57 Å². The van der Waals surface area contributed by atoms with Gasteiger partial charge < -0.3 is 11.3 Å². The largest absolute Gasteiger partial charge is 0.321 e. The van der Waals surface area contributed by atoms with Crippen molar-refractivity contribution in [3.8, 4) is 0 Å². The third-order valence-electron chi connectivity index (χ3n) is 3.48. The van der Waals surface area contributed by atoms with Gasteiger partial charge in [-0.05, 0) is 31.4 Å². The molecule has 0 atom stereocenters. The number of nitrogens with two attached hydrogens (primary N) is 2. The molecular formula is C16H21N5. The number of hydrogen-bond acceptors (Lipinski definition) is 4. The number of aryl methyl sites for hydroxylation is 1. The Hall–Kier alpha value is -2.40. The normalized spacial score (nSPS) is 15.8. The van der Waals surface area contributed by atoms with E-state index < -0.39 is 0 Å². The molecule has 5 heteroatoms. The molecule has 5 nitrogen and oxygen atoms in total. The summed E-state index contributed by atoms with van der Waals surface area (Å²) >= 11 is 0. The number of allylic oxidation sites excluding steroid dienone is 4. The average molecular weight is 283 g/mol. The number of nitrogens with zero attached hydrogens (tertiary/aromatic N) is 2. The van der Waals surface area contributed by atoms with Crippen molar-refractivity contribution in [3.63, 3.8) is 0 Å². The molecule has 0 radical (unpaired) electrons. The van der Waals surface area contributed by atoms with Crippen LogP contribution < -0.4 is 17.1 Å². The van der Waals surface area contributed by atoms with Gasteiger partial charge in [0.25, 0.3) is 0 Å². The maximum absolute atomic E-state index is 5.52. The predicted octanol–water partition coefficient (Wildman–Crippen LogP) is 2.04. The first-order valence-electron chi connectivity index (χ1n) is 6.97. The monoisotopic (exact) mass is 283 g/mol. The van der Waals surface area contributed by atoms with Crippen LogP contribution in [0.5, 0.6) is 0 Å². The van der Waals surface area contributed by atoms with Crippen LogP contribution in [0.1, 0.15) is 31.5 Å². The molecule has 0 saturated carbocycles. The van der Waals surface area contributed by atoms with E-state index in [1.165, 1.54) is 11.1 Å². The number of hydrogen-bond donors (Lipinski definition) is 3. The first kappa shape index (κ1) is 15.0. The van der Waals surface area contributed by atoms with Crippen LogP contribution >= 0.6 is 0 Å². The highest BCUT2D eigenvalue weighted by atomic mass is 15.3. The Morgan fingerprint density at radius 2 is 2.19 bits per heavy atom. The van der Waals surface area contributed by atoms with E-state index in [1.807, 2.05) is 24.4 Å². The van der Waals surface area contributed by atoms with Crippen LogP contribution in [0.3, 0.4) is 0 Å². The standard InChI is InChI=1S/C16H21N5/c1-3-12-6-9-15(19-10-12)13-7-4-11(2)5-8-14(13)16(20-17)21-18/h5-10H,3-4,17-18H2,1-2H3,(H,20,21). The Morgan fingerprint density at radius 1 is 1.38 bits per heavy atom. The Balaban J connectivity index is 2.47. The van der Waals surface area contributed by atoms with E-state index in [0.717, 1.165) is 29.7 Å². The van der Waals surface area contributed by atoms with Gasteiger partial charge in [0.15, 0.2) is 5.84 Å². The number of nitrogens with one attached hydrogen (secondary N) is 1. The van der Waals surface area contributed by atoms with Crippen molar-refractivity contribution in [2.75, 3.05) is 0 Å². The van der Waals surface area contributed by atoms with Gasteiger partial charge in [-0.25, -0.2) is 5.84 Å². The maximum atomic E-state index is 5.52. The first-order chi connectivity index (χ1) is 10.2. The van der Waals surface area contributed by atoms with Crippen molar-refractivity contribution >= 4 is 11.4 Å². The Morgan fingerprint density at radius 3 is 2.76 bits per heavy atom. The topological polar surface area (TPSA) is 89.3 Å². The Labute approximate surface area is 125 Å². The Bertz CT molecular complexity index is 621. The molecule has 0 spiro atoms. The van der Waals surface area contributed by atoms with Crippen LogP contribution in [0.15, 0.2) is 52.8 Å². The Kier molecular flexibility index (Phi) is 4.90. The van der Waals surface area contributed by atoms with Crippen molar-refractivity contribution in [2.24, 2.45) is 16.8 Å². The van der Waals surface area contributed by atoms with Crippen LogP contribution in [0.4, 0.5) is 0 Å². The molecule has 5 N–H and O–H groups in total. The van der Waals surface area contributed by atoms with Gasteiger partial charge in [-0.1, -0.05) is 36.8 Å². The SMILES string of the molecule is CCc1ccc(C2=CCC(C)=CC=C2/C(=N/N)NN)nc1. The maximum Gasteiger partial charge on any atom is 0.167 e. The highest BCUT2D eigenvalue weighted by molar-refractivity contribution is 6.11. The van der Waals surface area contributed by atoms with Gasteiger partial charge in [-0.3, -0.25) is 4.98 Å². The quantitative estimate of drug-likeness (QED) is 0.343. The van der Waals surface area contributed by atoms with Crippen molar-refractivity contribution in [3.05, 3.63) is 59.0 Å². The van der Waals surface area contributed by atoms with Crippen molar-refractivity contribution in [1.29, 1.82) is 0 Å². The summed E-state index contributed by atoms with van der Waals surface area (Å²) < 4.78 is 0. The molecular weight excluding hydrogens is 262 g/mol. The van der Waals surface area contributed by atoms with Crippen molar-refractivity contribution in [1.82, 2.24) is 10.4 Å². The zero-order chi connectivity index (χ0) is 15.2. The lowest BCUT2D eigenvalue weighted by Crippen LogP contribution is -2.33. The first-order valence-corrected chi connectivity index (χ1v) is 6.97. The summed E-state index contributed by atoms with van der Waals surface area (Å²) in [5, 5.41) is 3.72. The molecule has 0 saturated heterocycles. The summed E-state index contributed by atoms with van der Waals surface area (Å²) in [7, 11) is 0. The van der Waals surface area contributed by atoms with E-state index in [9.17, 15) is 0 Å². The van der Waals surface area contributed by atoms with E-state index in [2.05, 4.69) is 41.5 Å². The predicted molar refractivity (Wildman–Crippen MR) is 87.0 cm³/mol. The summed E-state index contributed by atoms with van der Waals surface area (Å²) in [4.78, 5) is 4.54. The molecule has 1 aliphatic carbocycles. The number of hydrazone groups is 1. The second-order valence-electron chi connectivity index (χ2n) is 4.94. The molecule has 0 bridgehead atoms. The van der Waals surface area contributed by atoms with Crippen LogP contribution in [0, 0.1) is 0 Å². The molecule has 110 valence electrons. The number of hydrazine groups is 1. The molecule has 21 heavy (non-hydrogen) atoms. The van der Waals surface area contributed by atoms with Crippen LogP contribution in [0.2, 0.25) is 0 Å². The van der Waals surface area contributed by atoms with E-state index in [0.29, 0.717) is 5.84 Å². The van der Waals surface area contributed by atoms with Gasteiger partial charge in [-0.15, -0.1) is 0 Å². The number of pyridine rings is 1. The molecule has 1 heterocycles. The molecule has 0 fully saturated rings. The molecule has 0 amide bonds. The average Bonchev–Trinajstić information content (AvgIpc) is 2.71. The molecule has 0 unspecified atom stereocenters. The minimum absolute atomic E-state index is 0.438. The highest BCUT2D eigenvalue weighted by Gasteiger charge is 2.16. The van der Waals surface area contributed by atoms with E-state index in [1.54, 1.807) is 0 Å². The van der Waals surface area contributed by atoms with Gasteiger partial charge in [0.1, 0.15) is 0 Å². The molecule has 1 aliphatic rings. The number of amidine groups is 1. The fourth-order valence-electron chi connectivity index (χ4n) is 2.18. The van der Waals surface area contributed by atoms with E-state index in [4.69, 9.17) is 11.7 Å². The van der Waals surface area contributed by atoms with Crippen molar-refractivity contribution < 1.29 is 0 Å². The lowest BCUT2D eigenvalue weighted by molar-refractivity contribution is 1.00. The summed E-state index contributed by atoms with van der Waals surface area (Å²) in [6, 6.07) is 4.10. The third-order valence-corrected chi connectivity index (χ3v) is 3.48. The van der Waals surface area contributed by atoms with Gasteiger partial charge in [0.05, 0.1) is 5.69 Å². The van der Waals surface area contributed by atoms with Gasteiger partial charge >= 0.3 is 0 Å². The highest BCUT2D eigenvalue weighted by Crippen LogP contribution is 2.26. The van der Waals surface area contributed by atoms with Gasteiger partial charge in [0.2, 0.25) is 0 Å². The number of rotatable bonds is 3. The van der Waals surface area contributed by atoms with Crippen LogP contribution in [-0.2, 0) is 6.42 Å². The second-order valence-corrected chi connectivity index (χ2v) is 4.94. The zero-order valence-corrected chi connectivity index (χ0v) is 12.4. The lowest BCUT2D eigenvalue weighted by atomic mass is 10.00. The van der Waals surface area contributed by atoms with E-state index in [-0.39, 0.29) is 0 Å². The summed E-state index contributed by atoms with van der Waals surface area (Å²) in [5.41, 5.74) is 7.71. The van der Waals surface area contributed by atoms with Gasteiger partial charge in [-0.2, -0.15) is 5.10 Å².